The van der Waals surface area contributed by atoms with Gasteiger partial charge in [0.25, 0.3) is 0 Å². The highest BCUT2D eigenvalue weighted by atomic mass is 32.2. The van der Waals surface area contributed by atoms with Crippen LogP contribution in [0.2, 0.25) is 0 Å². The molecule has 118 valence electrons. The van der Waals surface area contributed by atoms with Gasteiger partial charge in [0, 0.05) is 0 Å². The zero-order valence-electron chi connectivity index (χ0n) is 11.3. The average molecular weight is 319 g/mol. The number of ether oxygens (including phenoxy) is 1. The van der Waals surface area contributed by atoms with Crippen LogP contribution in [0.15, 0.2) is 23.1 Å². The topological polar surface area (TPSA) is 133 Å². The van der Waals surface area contributed by atoms with Crippen LogP contribution in [0.4, 0.5) is 0 Å². The maximum atomic E-state index is 12.0. The van der Waals surface area contributed by atoms with Gasteiger partial charge < -0.3 is 20.1 Å². The molecule has 0 aliphatic carbocycles. The molecule has 0 saturated heterocycles. The van der Waals surface area contributed by atoms with Gasteiger partial charge >= 0.3 is 5.97 Å². The fourth-order valence-corrected chi connectivity index (χ4v) is 2.79. The smallest absolute Gasteiger partial charge is 0.339 e. The first-order valence-electron chi connectivity index (χ1n) is 6.09. The van der Waals surface area contributed by atoms with Crippen molar-refractivity contribution in [1.29, 1.82) is 0 Å². The molecule has 1 aromatic rings. The second-order valence-electron chi connectivity index (χ2n) is 4.08. The molecule has 0 aromatic heterocycles. The van der Waals surface area contributed by atoms with Crippen LogP contribution >= 0.6 is 0 Å². The Morgan fingerprint density at radius 3 is 2.43 bits per heavy atom. The molecule has 0 unspecified atom stereocenters. The summed E-state index contributed by atoms with van der Waals surface area (Å²) < 4.78 is 31.3. The molecule has 0 saturated carbocycles. The number of aliphatic hydroxyl groups excluding tert-OH is 2. The summed E-state index contributed by atoms with van der Waals surface area (Å²) in [7, 11) is -4.06. The molecular formula is C12H17NO7S. The van der Waals surface area contributed by atoms with Crippen molar-refractivity contribution in [1.82, 2.24) is 4.72 Å². The quantitative estimate of drug-likeness (QED) is 0.503. The number of nitrogens with one attached hydrogen (secondary N) is 1. The number of hydrogen-bond acceptors (Lipinski definition) is 6. The van der Waals surface area contributed by atoms with Gasteiger partial charge in [-0.15, -0.1) is 0 Å². The van der Waals surface area contributed by atoms with Crippen LogP contribution < -0.4 is 9.46 Å². The van der Waals surface area contributed by atoms with Crippen molar-refractivity contribution in [2.75, 3.05) is 19.8 Å². The lowest BCUT2D eigenvalue weighted by atomic mass is 10.2. The van der Waals surface area contributed by atoms with Crippen LogP contribution in [0.1, 0.15) is 17.3 Å². The largest absolute Gasteiger partial charge is 0.493 e. The van der Waals surface area contributed by atoms with Crippen LogP contribution in [-0.4, -0.2) is 55.6 Å². The van der Waals surface area contributed by atoms with E-state index >= 15 is 0 Å². The number of hydrogen-bond donors (Lipinski definition) is 4. The van der Waals surface area contributed by atoms with Gasteiger partial charge in [0.2, 0.25) is 10.0 Å². The van der Waals surface area contributed by atoms with E-state index in [9.17, 15) is 13.2 Å². The Morgan fingerprint density at radius 2 is 1.95 bits per heavy atom. The molecule has 0 atom stereocenters. The summed E-state index contributed by atoms with van der Waals surface area (Å²) in [4.78, 5) is 10.8. The summed E-state index contributed by atoms with van der Waals surface area (Å²) in [5, 5.41) is 26.9. The van der Waals surface area contributed by atoms with Crippen molar-refractivity contribution in [2.24, 2.45) is 0 Å². The minimum atomic E-state index is -4.06. The van der Waals surface area contributed by atoms with Gasteiger partial charge in [-0.3, -0.25) is 0 Å². The number of aromatic carboxylic acids is 1. The lowest BCUT2D eigenvalue weighted by molar-refractivity contribution is 0.0692. The standard InChI is InChI=1S/C12H17NO7S/c1-2-20-11-4-3-9(5-10(11)12(16)17)21(18,19)13-8(6-14)7-15/h3-5,8,13-15H,2,6-7H2,1H3,(H,16,17). The zero-order chi connectivity index (χ0) is 16.0. The van der Waals surface area contributed by atoms with E-state index in [4.69, 9.17) is 20.1 Å². The third-order valence-electron chi connectivity index (χ3n) is 2.55. The monoisotopic (exact) mass is 319 g/mol. The highest BCUT2D eigenvalue weighted by molar-refractivity contribution is 7.89. The van der Waals surface area contributed by atoms with Gasteiger partial charge in [-0.25, -0.2) is 17.9 Å². The molecular weight excluding hydrogens is 302 g/mol. The van der Waals surface area contributed by atoms with Crippen molar-refractivity contribution in [3.8, 4) is 5.75 Å². The van der Waals surface area contributed by atoms with E-state index in [-0.39, 0.29) is 22.8 Å². The van der Waals surface area contributed by atoms with E-state index < -0.39 is 35.2 Å². The Labute approximate surface area is 122 Å². The van der Waals surface area contributed by atoms with Gasteiger partial charge in [-0.05, 0) is 25.1 Å². The van der Waals surface area contributed by atoms with E-state index in [1.807, 2.05) is 0 Å². The number of benzene rings is 1. The normalized spacial score (nSPS) is 11.6. The Morgan fingerprint density at radius 1 is 1.33 bits per heavy atom. The predicted molar refractivity (Wildman–Crippen MR) is 72.9 cm³/mol. The lowest BCUT2D eigenvalue weighted by Crippen LogP contribution is -2.40. The molecule has 1 aromatic carbocycles. The van der Waals surface area contributed by atoms with Crippen molar-refractivity contribution in [2.45, 2.75) is 17.9 Å². The van der Waals surface area contributed by atoms with Crippen LogP contribution in [0.3, 0.4) is 0 Å². The third-order valence-corrected chi connectivity index (χ3v) is 4.07. The summed E-state index contributed by atoms with van der Waals surface area (Å²) in [5.41, 5.74) is -0.288. The lowest BCUT2D eigenvalue weighted by Gasteiger charge is -2.15. The number of aliphatic hydroxyl groups is 2. The Hall–Kier alpha value is -1.68. The van der Waals surface area contributed by atoms with Crippen molar-refractivity contribution in [3.05, 3.63) is 23.8 Å². The van der Waals surface area contributed by atoms with Gasteiger partial charge in [0.1, 0.15) is 11.3 Å². The summed E-state index contributed by atoms with van der Waals surface area (Å²) in [6.45, 7) is 0.740. The first-order chi connectivity index (χ1) is 9.85. The molecule has 0 aliphatic rings. The summed E-state index contributed by atoms with van der Waals surface area (Å²) >= 11 is 0. The van der Waals surface area contributed by atoms with Crippen LogP contribution in [0.25, 0.3) is 0 Å². The molecule has 0 aliphatic heterocycles. The maximum absolute atomic E-state index is 12.0. The van der Waals surface area contributed by atoms with E-state index in [1.54, 1.807) is 6.92 Å². The fraction of sp³-hybridized carbons (Fsp3) is 0.417. The summed E-state index contributed by atoms with van der Waals surface area (Å²) in [6, 6.07) is 2.33. The number of sulfonamides is 1. The molecule has 0 bridgehead atoms. The first-order valence-corrected chi connectivity index (χ1v) is 7.58. The second kappa shape index (κ2) is 7.36. The van der Waals surface area contributed by atoms with Crippen LogP contribution in [0.5, 0.6) is 5.75 Å². The maximum Gasteiger partial charge on any atom is 0.339 e. The Balaban J connectivity index is 3.19. The van der Waals surface area contributed by atoms with Gasteiger partial charge in [-0.1, -0.05) is 0 Å². The number of carbonyl (C=O) groups is 1. The number of carboxylic acid groups (broad SMARTS) is 1. The van der Waals surface area contributed by atoms with Gasteiger partial charge in [0.15, 0.2) is 0 Å². The molecule has 0 fully saturated rings. The van der Waals surface area contributed by atoms with E-state index in [0.29, 0.717) is 0 Å². The predicted octanol–water partition coefficient (Wildman–Crippen LogP) is -0.585. The Bertz CT molecular complexity index is 596. The van der Waals surface area contributed by atoms with Gasteiger partial charge in [0.05, 0.1) is 30.8 Å². The molecule has 8 nitrogen and oxygen atoms in total. The van der Waals surface area contributed by atoms with E-state index in [0.717, 1.165) is 6.07 Å². The SMILES string of the molecule is CCOc1ccc(S(=O)(=O)NC(CO)CO)cc1C(=O)O. The molecule has 0 spiro atoms. The number of rotatable bonds is 8. The Kier molecular flexibility index (Phi) is 6.09. The zero-order valence-corrected chi connectivity index (χ0v) is 12.1. The molecule has 0 amide bonds. The first kappa shape index (κ1) is 17.4. The van der Waals surface area contributed by atoms with Gasteiger partial charge in [-0.2, -0.15) is 0 Å². The summed E-state index contributed by atoms with van der Waals surface area (Å²) in [5.74, 6) is -1.26. The van der Waals surface area contributed by atoms with Crippen LogP contribution in [-0.2, 0) is 10.0 Å². The van der Waals surface area contributed by atoms with Crippen molar-refractivity contribution >= 4 is 16.0 Å². The van der Waals surface area contributed by atoms with Crippen LogP contribution in [0, 0.1) is 0 Å². The van der Waals surface area contributed by atoms with E-state index in [2.05, 4.69) is 4.72 Å². The van der Waals surface area contributed by atoms with Crippen molar-refractivity contribution in [3.63, 3.8) is 0 Å². The molecule has 1 rings (SSSR count). The molecule has 21 heavy (non-hydrogen) atoms. The molecule has 9 heteroatoms. The molecule has 0 radical (unpaired) electrons. The molecule has 0 heterocycles. The third kappa shape index (κ3) is 4.39. The summed E-state index contributed by atoms with van der Waals surface area (Å²) in [6.07, 6.45) is 0. The molecule has 4 N–H and O–H groups in total. The second-order valence-corrected chi connectivity index (χ2v) is 5.79. The minimum absolute atomic E-state index is 0.0600. The average Bonchev–Trinajstić information content (AvgIpc) is 2.45. The highest BCUT2D eigenvalue weighted by Gasteiger charge is 2.22. The van der Waals surface area contributed by atoms with E-state index in [1.165, 1.54) is 12.1 Å². The number of carboxylic acids is 1. The fourth-order valence-electron chi connectivity index (χ4n) is 1.54. The van der Waals surface area contributed by atoms with Crippen molar-refractivity contribution < 1.29 is 33.3 Å². The highest BCUT2D eigenvalue weighted by Crippen LogP contribution is 2.23. The minimum Gasteiger partial charge on any atom is -0.493 e.